The van der Waals surface area contributed by atoms with Crippen molar-refractivity contribution in [3.8, 4) is 6.07 Å². The molecular weight excluding hydrogens is 205 g/mol. The average molecular weight is 222 g/mol. The van der Waals surface area contributed by atoms with Gasteiger partial charge in [-0.15, -0.1) is 0 Å². The Hall–Kier alpha value is -0.760. The summed E-state index contributed by atoms with van der Waals surface area (Å²) in [6.45, 7) is 2.32. The third-order valence-electron chi connectivity index (χ3n) is 2.11. The maximum absolute atomic E-state index is 12.1. The number of nitrogens with one attached hydrogen (secondary N) is 1. The Balaban J connectivity index is 3.53. The van der Waals surface area contributed by atoms with E-state index in [0.29, 0.717) is 6.54 Å². The number of hydrogen-bond donors (Lipinski definition) is 1. The number of unbranched alkanes of at least 4 members (excludes halogenated alkanes) is 3. The summed E-state index contributed by atoms with van der Waals surface area (Å²) in [5, 5.41) is 11.0. The van der Waals surface area contributed by atoms with Crippen LogP contribution in [0.3, 0.4) is 0 Å². The van der Waals surface area contributed by atoms with Gasteiger partial charge in [0.05, 0.1) is 6.07 Å². The first-order valence-corrected chi connectivity index (χ1v) is 5.19. The minimum atomic E-state index is -4.41. The standard InChI is InChI=1S/C10H17F3N2/c1-2-3-4-5-6-15-8-9(7-14)10(11,12)13/h9,15H,2-6,8H2,1H3. The first-order chi connectivity index (χ1) is 7.02. The fourth-order valence-corrected chi connectivity index (χ4v) is 1.16. The lowest BCUT2D eigenvalue weighted by molar-refractivity contribution is -0.157. The number of halogens is 3. The monoisotopic (exact) mass is 222 g/mol. The van der Waals surface area contributed by atoms with E-state index in [-0.39, 0.29) is 6.54 Å². The molecule has 15 heavy (non-hydrogen) atoms. The summed E-state index contributed by atoms with van der Waals surface area (Å²) >= 11 is 0. The fourth-order valence-electron chi connectivity index (χ4n) is 1.16. The molecule has 0 aromatic heterocycles. The van der Waals surface area contributed by atoms with E-state index in [2.05, 4.69) is 12.2 Å². The minimum absolute atomic E-state index is 0.299. The Kier molecular flexibility index (Phi) is 7.14. The Bertz CT molecular complexity index is 196. The van der Waals surface area contributed by atoms with Gasteiger partial charge in [0.25, 0.3) is 0 Å². The van der Waals surface area contributed by atoms with Crippen molar-refractivity contribution in [2.75, 3.05) is 13.1 Å². The van der Waals surface area contributed by atoms with Crippen molar-refractivity contribution < 1.29 is 13.2 Å². The molecule has 2 nitrogen and oxygen atoms in total. The number of hydrogen-bond acceptors (Lipinski definition) is 2. The second-order valence-electron chi connectivity index (χ2n) is 3.49. The normalized spacial score (nSPS) is 13.5. The van der Waals surface area contributed by atoms with Crippen molar-refractivity contribution >= 4 is 0 Å². The van der Waals surface area contributed by atoms with Gasteiger partial charge >= 0.3 is 6.18 Å². The number of rotatable bonds is 7. The Labute approximate surface area is 88.5 Å². The molecule has 0 bridgehead atoms. The van der Waals surface area contributed by atoms with Crippen LogP contribution >= 0.6 is 0 Å². The van der Waals surface area contributed by atoms with Gasteiger partial charge in [0.1, 0.15) is 0 Å². The lowest BCUT2D eigenvalue weighted by atomic mass is 10.1. The number of nitriles is 1. The molecule has 88 valence electrons. The van der Waals surface area contributed by atoms with Gasteiger partial charge in [-0.05, 0) is 13.0 Å². The van der Waals surface area contributed by atoms with E-state index in [1.165, 1.54) is 6.07 Å². The van der Waals surface area contributed by atoms with Crippen molar-refractivity contribution in [2.45, 2.75) is 38.8 Å². The molecule has 1 unspecified atom stereocenters. The maximum Gasteiger partial charge on any atom is 0.405 e. The molecule has 5 heteroatoms. The highest BCUT2D eigenvalue weighted by atomic mass is 19.4. The first kappa shape index (κ1) is 14.2. The van der Waals surface area contributed by atoms with Crippen molar-refractivity contribution in [1.82, 2.24) is 5.32 Å². The van der Waals surface area contributed by atoms with Gasteiger partial charge in [0, 0.05) is 6.54 Å². The zero-order valence-corrected chi connectivity index (χ0v) is 8.90. The van der Waals surface area contributed by atoms with Crippen LogP contribution in [-0.2, 0) is 0 Å². The third kappa shape index (κ3) is 7.20. The Morgan fingerprint density at radius 3 is 2.40 bits per heavy atom. The SMILES string of the molecule is CCCCCCNCC(C#N)C(F)(F)F. The van der Waals surface area contributed by atoms with E-state index in [1.807, 2.05) is 0 Å². The Morgan fingerprint density at radius 1 is 1.27 bits per heavy atom. The fraction of sp³-hybridized carbons (Fsp3) is 0.900. The molecule has 1 N–H and O–H groups in total. The molecule has 0 aliphatic carbocycles. The van der Waals surface area contributed by atoms with Gasteiger partial charge in [0.2, 0.25) is 0 Å². The predicted octanol–water partition coefficient (Wildman–Crippen LogP) is 2.86. The van der Waals surface area contributed by atoms with Gasteiger partial charge in [-0.25, -0.2) is 0 Å². The van der Waals surface area contributed by atoms with Crippen molar-refractivity contribution in [3.63, 3.8) is 0 Å². The zero-order valence-electron chi connectivity index (χ0n) is 8.90. The van der Waals surface area contributed by atoms with Crippen molar-refractivity contribution in [1.29, 1.82) is 5.26 Å². The lowest BCUT2D eigenvalue weighted by Crippen LogP contribution is -2.32. The molecule has 0 spiro atoms. The van der Waals surface area contributed by atoms with Crippen LogP contribution in [0.15, 0.2) is 0 Å². The molecule has 0 amide bonds. The molecule has 0 fully saturated rings. The molecule has 0 aliphatic rings. The molecule has 1 atom stereocenters. The highest BCUT2D eigenvalue weighted by molar-refractivity contribution is 4.89. The summed E-state index contributed by atoms with van der Waals surface area (Å²) in [4.78, 5) is 0. The smallest absolute Gasteiger partial charge is 0.315 e. The highest BCUT2D eigenvalue weighted by Crippen LogP contribution is 2.24. The van der Waals surface area contributed by atoms with Gasteiger partial charge in [0.15, 0.2) is 5.92 Å². The van der Waals surface area contributed by atoms with Crippen LogP contribution in [-0.4, -0.2) is 19.3 Å². The van der Waals surface area contributed by atoms with E-state index in [1.54, 1.807) is 0 Å². The van der Waals surface area contributed by atoms with Crippen LogP contribution in [0.2, 0.25) is 0 Å². The van der Waals surface area contributed by atoms with E-state index in [9.17, 15) is 13.2 Å². The predicted molar refractivity (Wildman–Crippen MR) is 52.2 cm³/mol. The van der Waals surface area contributed by atoms with Gasteiger partial charge < -0.3 is 5.32 Å². The van der Waals surface area contributed by atoms with Crippen LogP contribution in [0.1, 0.15) is 32.6 Å². The highest BCUT2D eigenvalue weighted by Gasteiger charge is 2.39. The van der Waals surface area contributed by atoms with E-state index in [0.717, 1.165) is 25.7 Å². The second-order valence-corrected chi connectivity index (χ2v) is 3.49. The third-order valence-corrected chi connectivity index (χ3v) is 2.11. The molecule has 0 aromatic carbocycles. The summed E-state index contributed by atoms with van der Waals surface area (Å²) in [5.74, 6) is -1.89. The Morgan fingerprint density at radius 2 is 1.93 bits per heavy atom. The number of nitrogens with zero attached hydrogens (tertiary/aromatic N) is 1. The van der Waals surface area contributed by atoms with Crippen LogP contribution in [0, 0.1) is 17.2 Å². The summed E-state index contributed by atoms with van der Waals surface area (Å²) in [7, 11) is 0. The molecule has 0 aromatic rings. The lowest BCUT2D eigenvalue weighted by Gasteiger charge is -2.13. The molecule has 0 aliphatic heterocycles. The van der Waals surface area contributed by atoms with E-state index < -0.39 is 12.1 Å². The van der Waals surface area contributed by atoms with Crippen LogP contribution in [0.5, 0.6) is 0 Å². The maximum atomic E-state index is 12.1. The van der Waals surface area contributed by atoms with E-state index in [4.69, 9.17) is 5.26 Å². The van der Waals surface area contributed by atoms with Crippen LogP contribution in [0.4, 0.5) is 13.2 Å². The molecular formula is C10H17F3N2. The zero-order chi connectivity index (χ0) is 11.7. The minimum Gasteiger partial charge on any atom is -0.315 e. The van der Waals surface area contributed by atoms with Gasteiger partial charge in [-0.1, -0.05) is 26.2 Å². The summed E-state index contributed by atoms with van der Waals surface area (Å²) < 4.78 is 36.3. The van der Waals surface area contributed by atoms with Gasteiger partial charge in [-0.3, -0.25) is 0 Å². The molecule has 0 heterocycles. The first-order valence-electron chi connectivity index (χ1n) is 5.19. The average Bonchev–Trinajstić information content (AvgIpc) is 2.15. The molecule has 0 saturated heterocycles. The van der Waals surface area contributed by atoms with E-state index >= 15 is 0 Å². The number of alkyl halides is 3. The largest absolute Gasteiger partial charge is 0.405 e. The molecule has 0 rings (SSSR count). The molecule has 0 radical (unpaired) electrons. The summed E-state index contributed by atoms with van der Waals surface area (Å²) in [6.07, 6.45) is -0.326. The topological polar surface area (TPSA) is 35.8 Å². The van der Waals surface area contributed by atoms with Crippen LogP contribution in [0.25, 0.3) is 0 Å². The summed E-state index contributed by atoms with van der Waals surface area (Å²) in [5.41, 5.74) is 0. The van der Waals surface area contributed by atoms with Crippen molar-refractivity contribution in [3.05, 3.63) is 0 Å². The summed E-state index contributed by atoms with van der Waals surface area (Å²) in [6, 6.07) is 1.26. The van der Waals surface area contributed by atoms with Crippen LogP contribution < -0.4 is 5.32 Å². The van der Waals surface area contributed by atoms with Gasteiger partial charge in [-0.2, -0.15) is 18.4 Å². The van der Waals surface area contributed by atoms with Crippen molar-refractivity contribution in [2.24, 2.45) is 5.92 Å². The second kappa shape index (κ2) is 7.52. The molecule has 0 saturated carbocycles. The quantitative estimate of drug-likeness (QED) is 0.672.